The second-order valence-corrected chi connectivity index (χ2v) is 4.83. The van der Waals surface area contributed by atoms with Crippen molar-refractivity contribution in [3.8, 4) is 0 Å². The fraction of sp³-hybridized carbons (Fsp3) is 0.462. The molecule has 20 heavy (non-hydrogen) atoms. The first-order valence-electron chi connectivity index (χ1n) is 6.41. The van der Waals surface area contributed by atoms with Gasteiger partial charge in [-0.1, -0.05) is 20.3 Å². The van der Waals surface area contributed by atoms with E-state index in [0.717, 1.165) is 6.42 Å². The van der Waals surface area contributed by atoms with Crippen LogP contribution in [0.1, 0.15) is 30.6 Å². The first-order chi connectivity index (χ1) is 9.40. The third-order valence-corrected chi connectivity index (χ3v) is 3.23. The Kier molecular flexibility index (Phi) is 5.45. The van der Waals surface area contributed by atoms with E-state index in [0.29, 0.717) is 18.2 Å². The molecular weight excluding hydrogens is 260 g/mol. The Labute approximate surface area is 117 Å². The van der Waals surface area contributed by atoms with Crippen molar-refractivity contribution in [1.82, 2.24) is 4.90 Å². The summed E-state index contributed by atoms with van der Waals surface area (Å²) in [5, 5.41) is 10.8. The molecule has 0 spiro atoms. The van der Waals surface area contributed by atoms with Crippen molar-refractivity contribution in [3.05, 3.63) is 33.9 Å². The monoisotopic (exact) mass is 280 g/mol. The van der Waals surface area contributed by atoms with Crippen LogP contribution in [-0.4, -0.2) is 29.3 Å². The molecule has 0 saturated heterocycles. The third kappa shape index (κ3) is 3.67. The number of nitro groups is 1. The predicted molar refractivity (Wildman–Crippen MR) is 77.3 cm³/mol. The van der Waals surface area contributed by atoms with Gasteiger partial charge in [0.1, 0.15) is 0 Å². The van der Waals surface area contributed by atoms with Gasteiger partial charge in [0.25, 0.3) is 11.6 Å². The van der Waals surface area contributed by atoms with Crippen LogP contribution in [0.3, 0.4) is 0 Å². The van der Waals surface area contributed by atoms with Gasteiger partial charge in [-0.05, 0) is 12.0 Å². The molecule has 0 radical (unpaired) electrons. The summed E-state index contributed by atoms with van der Waals surface area (Å²) in [6.45, 7) is 4.67. The first-order valence-corrected chi connectivity index (χ1v) is 6.41. The van der Waals surface area contributed by atoms with Crippen molar-refractivity contribution in [2.45, 2.75) is 20.3 Å². The molecule has 1 aromatic carbocycles. The zero-order chi connectivity index (χ0) is 15.3. The Balaban J connectivity index is 3.06. The lowest BCUT2D eigenvalue weighted by Gasteiger charge is -2.21. The number of hydrogen-bond acceptors (Lipinski definition) is 5. The van der Waals surface area contributed by atoms with Crippen LogP contribution in [0.4, 0.5) is 11.4 Å². The molecule has 1 unspecified atom stereocenters. The molecule has 0 fully saturated rings. The lowest BCUT2D eigenvalue weighted by atomic mass is 10.1. The van der Waals surface area contributed by atoms with E-state index in [1.807, 2.05) is 13.8 Å². The standard InChI is InChI=1S/C13H20N4O3/c1-4-9(2)8-16(3)13(18)11-7-10(17(19)20)5-6-12(11)15-14/h5-7,9,15H,4,8,14H2,1-3H3. The molecule has 0 saturated carbocycles. The van der Waals surface area contributed by atoms with Gasteiger partial charge in [0.2, 0.25) is 0 Å². The molecule has 0 bridgehead atoms. The van der Waals surface area contributed by atoms with E-state index in [1.54, 1.807) is 11.9 Å². The summed E-state index contributed by atoms with van der Waals surface area (Å²) in [7, 11) is 1.67. The number of anilines is 1. The van der Waals surface area contributed by atoms with Gasteiger partial charge in [-0.15, -0.1) is 0 Å². The van der Waals surface area contributed by atoms with E-state index in [4.69, 9.17) is 5.84 Å². The normalized spacial score (nSPS) is 11.8. The van der Waals surface area contributed by atoms with Crippen LogP contribution in [0.5, 0.6) is 0 Å². The van der Waals surface area contributed by atoms with Gasteiger partial charge < -0.3 is 10.3 Å². The summed E-state index contributed by atoms with van der Waals surface area (Å²) < 4.78 is 0. The number of carbonyl (C=O) groups excluding carboxylic acids is 1. The minimum Gasteiger partial charge on any atom is -0.341 e. The highest BCUT2D eigenvalue weighted by molar-refractivity contribution is 6.00. The van der Waals surface area contributed by atoms with Crippen molar-refractivity contribution >= 4 is 17.3 Å². The maximum absolute atomic E-state index is 12.4. The summed E-state index contributed by atoms with van der Waals surface area (Å²) in [5.41, 5.74) is 2.83. The number of hydrogen-bond donors (Lipinski definition) is 2. The average molecular weight is 280 g/mol. The number of benzene rings is 1. The SMILES string of the molecule is CCC(C)CN(C)C(=O)c1cc([N+](=O)[O-])ccc1NN. The molecule has 0 aliphatic rings. The Morgan fingerprint density at radius 1 is 1.55 bits per heavy atom. The average Bonchev–Trinajstić information content (AvgIpc) is 2.45. The number of carbonyl (C=O) groups is 1. The number of nitrogens with zero attached hydrogens (tertiary/aromatic N) is 2. The van der Waals surface area contributed by atoms with E-state index in [1.165, 1.54) is 18.2 Å². The molecule has 0 heterocycles. The van der Waals surface area contributed by atoms with Gasteiger partial charge in [0.15, 0.2) is 0 Å². The number of hydrazine groups is 1. The summed E-state index contributed by atoms with van der Waals surface area (Å²) in [5.74, 6) is 5.42. The molecule has 1 atom stereocenters. The van der Waals surface area contributed by atoms with E-state index >= 15 is 0 Å². The van der Waals surface area contributed by atoms with Gasteiger partial charge in [-0.2, -0.15) is 0 Å². The number of nitrogen functional groups attached to an aromatic ring is 1. The number of nitrogens with one attached hydrogen (secondary N) is 1. The van der Waals surface area contributed by atoms with Crippen LogP contribution < -0.4 is 11.3 Å². The van der Waals surface area contributed by atoms with Crippen LogP contribution in [0.15, 0.2) is 18.2 Å². The minimum atomic E-state index is -0.536. The van der Waals surface area contributed by atoms with E-state index < -0.39 is 4.92 Å². The molecule has 0 aliphatic heterocycles. The maximum atomic E-state index is 12.4. The Bertz CT molecular complexity index is 504. The molecule has 7 heteroatoms. The number of rotatable bonds is 6. The van der Waals surface area contributed by atoms with Crippen molar-refractivity contribution in [3.63, 3.8) is 0 Å². The quantitative estimate of drug-likeness (QED) is 0.471. The van der Waals surface area contributed by atoms with Gasteiger partial charge >= 0.3 is 0 Å². The second kappa shape index (κ2) is 6.85. The Morgan fingerprint density at radius 2 is 2.20 bits per heavy atom. The Hall–Kier alpha value is -2.15. The highest BCUT2D eigenvalue weighted by Gasteiger charge is 2.20. The van der Waals surface area contributed by atoms with Crippen LogP contribution in [0, 0.1) is 16.0 Å². The fourth-order valence-electron chi connectivity index (χ4n) is 1.83. The molecule has 0 aliphatic carbocycles. The summed E-state index contributed by atoms with van der Waals surface area (Å²) in [4.78, 5) is 24.2. The van der Waals surface area contributed by atoms with Crippen molar-refractivity contribution < 1.29 is 9.72 Å². The first kappa shape index (κ1) is 15.9. The van der Waals surface area contributed by atoms with Crippen molar-refractivity contribution in [2.24, 2.45) is 11.8 Å². The lowest BCUT2D eigenvalue weighted by Crippen LogP contribution is -2.31. The second-order valence-electron chi connectivity index (χ2n) is 4.83. The smallest absolute Gasteiger partial charge is 0.270 e. The topological polar surface area (TPSA) is 102 Å². The fourth-order valence-corrected chi connectivity index (χ4v) is 1.83. The number of non-ortho nitro benzene ring substituents is 1. The minimum absolute atomic E-state index is 0.135. The molecule has 1 rings (SSSR count). The van der Waals surface area contributed by atoms with Gasteiger partial charge in [-0.25, -0.2) is 0 Å². The molecule has 1 aromatic rings. The zero-order valence-corrected chi connectivity index (χ0v) is 11.9. The molecule has 110 valence electrons. The van der Waals surface area contributed by atoms with Crippen molar-refractivity contribution in [1.29, 1.82) is 0 Å². The van der Waals surface area contributed by atoms with Crippen LogP contribution in [0.25, 0.3) is 0 Å². The summed E-state index contributed by atoms with van der Waals surface area (Å²) in [6.07, 6.45) is 0.953. The van der Waals surface area contributed by atoms with Gasteiger partial charge in [0, 0.05) is 25.7 Å². The van der Waals surface area contributed by atoms with Gasteiger partial charge in [0.05, 0.1) is 16.2 Å². The van der Waals surface area contributed by atoms with Crippen LogP contribution in [0.2, 0.25) is 0 Å². The maximum Gasteiger partial charge on any atom is 0.270 e. The highest BCUT2D eigenvalue weighted by Crippen LogP contribution is 2.23. The lowest BCUT2D eigenvalue weighted by molar-refractivity contribution is -0.384. The van der Waals surface area contributed by atoms with Crippen molar-refractivity contribution in [2.75, 3.05) is 19.0 Å². The molecule has 7 nitrogen and oxygen atoms in total. The molecule has 0 aromatic heterocycles. The third-order valence-electron chi connectivity index (χ3n) is 3.23. The number of amides is 1. The molecule has 1 amide bonds. The largest absolute Gasteiger partial charge is 0.341 e. The Morgan fingerprint density at radius 3 is 2.70 bits per heavy atom. The van der Waals surface area contributed by atoms with E-state index in [2.05, 4.69) is 5.43 Å². The summed E-state index contributed by atoms with van der Waals surface area (Å²) >= 11 is 0. The predicted octanol–water partition coefficient (Wildman–Crippen LogP) is 2.00. The zero-order valence-electron chi connectivity index (χ0n) is 11.9. The van der Waals surface area contributed by atoms with Gasteiger partial charge in [-0.3, -0.25) is 20.8 Å². The number of nitrogens with two attached hydrogens (primary N) is 1. The van der Waals surface area contributed by atoms with Crippen LogP contribution in [-0.2, 0) is 0 Å². The number of nitro benzene ring substituents is 1. The van der Waals surface area contributed by atoms with E-state index in [9.17, 15) is 14.9 Å². The highest BCUT2D eigenvalue weighted by atomic mass is 16.6. The summed E-state index contributed by atoms with van der Waals surface area (Å²) in [6, 6.07) is 3.98. The molecular formula is C13H20N4O3. The van der Waals surface area contributed by atoms with E-state index in [-0.39, 0.29) is 17.2 Å². The molecule has 3 N–H and O–H groups in total. The van der Waals surface area contributed by atoms with Crippen LogP contribution >= 0.6 is 0 Å².